The van der Waals surface area contributed by atoms with E-state index in [4.69, 9.17) is 5.73 Å². The van der Waals surface area contributed by atoms with Crippen molar-refractivity contribution in [3.05, 3.63) is 29.6 Å². The molecule has 0 bridgehead atoms. The Balaban J connectivity index is 2.13. The molecule has 0 aliphatic heterocycles. The fourth-order valence-electron chi connectivity index (χ4n) is 2.94. The highest BCUT2D eigenvalue weighted by molar-refractivity contribution is 5.94. The van der Waals surface area contributed by atoms with Crippen LogP contribution in [0.4, 0.5) is 0 Å². The Hall–Kier alpha value is -1.42. The molecule has 110 valence electrons. The Morgan fingerprint density at radius 3 is 2.65 bits per heavy atom. The van der Waals surface area contributed by atoms with E-state index in [1.165, 1.54) is 0 Å². The Bertz CT molecular complexity index is 453. The van der Waals surface area contributed by atoms with Gasteiger partial charge in [0.15, 0.2) is 0 Å². The SMILES string of the molecule is CCCN(C(=O)c1cncc(C)c1)C1CCC(N)CC1. The van der Waals surface area contributed by atoms with Crippen LogP contribution < -0.4 is 5.73 Å². The maximum absolute atomic E-state index is 12.7. The maximum Gasteiger partial charge on any atom is 0.255 e. The molecule has 0 radical (unpaired) electrons. The number of amides is 1. The molecule has 2 N–H and O–H groups in total. The third-order valence-corrected chi connectivity index (χ3v) is 4.03. The highest BCUT2D eigenvalue weighted by Crippen LogP contribution is 2.24. The predicted octanol–water partition coefficient (Wildman–Crippen LogP) is 2.51. The van der Waals surface area contributed by atoms with E-state index in [0.29, 0.717) is 17.6 Å². The number of aryl methyl sites for hydroxylation is 1. The van der Waals surface area contributed by atoms with Crippen molar-refractivity contribution in [3.63, 3.8) is 0 Å². The zero-order valence-corrected chi connectivity index (χ0v) is 12.5. The highest BCUT2D eigenvalue weighted by atomic mass is 16.2. The van der Waals surface area contributed by atoms with E-state index in [1.807, 2.05) is 17.9 Å². The normalized spacial score (nSPS) is 22.6. The number of nitrogens with two attached hydrogens (primary N) is 1. The van der Waals surface area contributed by atoms with E-state index < -0.39 is 0 Å². The Labute approximate surface area is 121 Å². The van der Waals surface area contributed by atoms with Crippen molar-refractivity contribution in [3.8, 4) is 0 Å². The fraction of sp³-hybridized carbons (Fsp3) is 0.625. The van der Waals surface area contributed by atoms with Crippen molar-refractivity contribution < 1.29 is 4.79 Å². The summed E-state index contributed by atoms with van der Waals surface area (Å²) in [6.45, 7) is 4.89. The average molecular weight is 275 g/mol. The molecule has 1 fully saturated rings. The molecule has 4 nitrogen and oxygen atoms in total. The summed E-state index contributed by atoms with van der Waals surface area (Å²) >= 11 is 0. The van der Waals surface area contributed by atoms with Crippen LogP contribution in [-0.2, 0) is 0 Å². The van der Waals surface area contributed by atoms with E-state index in [9.17, 15) is 4.79 Å². The summed E-state index contributed by atoms with van der Waals surface area (Å²) in [4.78, 5) is 18.9. The zero-order chi connectivity index (χ0) is 14.5. The minimum Gasteiger partial charge on any atom is -0.336 e. The van der Waals surface area contributed by atoms with Crippen LogP contribution in [0.1, 0.15) is 54.9 Å². The molecule has 2 rings (SSSR count). The monoisotopic (exact) mass is 275 g/mol. The van der Waals surface area contributed by atoms with Gasteiger partial charge in [-0.15, -0.1) is 0 Å². The second-order valence-corrected chi connectivity index (χ2v) is 5.82. The van der Waals surface area contributed by atoms with Gasteiger partial charge in [-0.05, 0) is 50.7 Å². The second kappa shape index (κ2) is 6.84. The lowest BCUT2D eigenvalue weighted by molar-refractivity contribution is 0.0626. The smallest absolute Gasteiger partial charge is 0.255 e. The largest absolute Gasteiger partial charge is 0.336 e. The number of hydrogen-bond donors (Lipinski definition) is 1. The molecule has 0 unspecified atom stereocenters. The summed E-state index contributed by atoms with van der Waals surface area (Å²) in [6, 6.07) is 2.57. The van der Waals surface area contributed by atoms with Crippen molar-refractivity contribution in [2.75, 3.05) is 6.54 Å². The summed E-state index contributed by atoms with van der Waals surface area (Å²) in [5, 5.41) is 0. The van der Waals surface area contributed by atoms with Gasteiger partial charge in [-0.25, -0.2) is 0 Å². The molecular formula is C16H25N3O. The van der Waals surface area contributed by atoms with Crippen LogP contribution in [0, 0.1) is 6.92 Å². The van der Waals surface area contributed by atoms with E-state index in [2.05, 4.69) is 11.9 Å². The number of carbonyl (C=O) groups excluding carboxylic acids is 1. The van der Waals surface area contributed by atoms with Crippen LogP contribution in [0.2, 0.25) is 0 Å². The van der Waals surface area contributed by atoms with Crippen LogP contribution in [0.15, 0.2) is 18.5 Å². The average Bonchev–Trinajstić information content (AvgIpc) is 2.45. The molecular weight excluding hydrogens is 250 g/mol. The molecule has 1 aromatic rings. The van der Waals surface area contributed by atoms with E-state index in [-0.39, 0.29) is 5.91 Å². The van der Waals surface area contributed by atoms with Crippen molar-refractivity contribution in [2.45, 2.75) is 58.0 Å². The Morgan fingerprint density at radius 1 is 1.35 bits per heavy atom. The van der Waals surface area contributed by atoms with Crippen LogP contribution in [-0.4, -0.2) is 34.4 Å². The van der Waals surface area contributed by atoms with E-state index in [0.717, 1.165) is 44.2 Å². The van der Waals surface area contributed by atoms with Gasteiger partial charge >= 0.3 is 0 Å². The number of hydrogen-bond acceptors (Lipinski definition) is 3. The van der Waals surface area contributed by atoms with Gasteiger partial charge in [0.05, 0.1) is 5.56 Å². The number of aromatic nitrogens is 1. The topological polar surface area (TPSA) is 59.2 Å². The summed E-state index contributed by atoms with van der Waals surface area (Å²) in [5.41, 5.74) is 7.69. The van der Waals surface area contributed by atoms with Gasteiger partial charge in [0.1, 0.15) is 0 Å². The first-order valence-electron chi connectivity index (χ1n) is 7.60. The molecule has 1 amide bonds. The minimum atomic E-state index is 0.114. The quantitative estimate of drug-likeness (QED) is 0.918. The summed E-state index contributed by atoms with van der Waals surface area (Å²) in [5.74, 6) is 0.114. The minimum absolute atomic E-state index is 0.114. The highest BCUT2D eigenvalue weighted by Gasteiger charge is 2.27. The van der Waals surface area contributed by atoms with Gasteiger partial charge in [0.25, 0.3) is 5.91 Å². The molecule has 4 heteroatoms. The van der Waals surface area contributed by atoms with Crippen molar-refractivity contribution in [1.29, 1.82) is 0 Å². The maximum atomic E-state index is 12.7. The first kappa shape index (κ1) is 15.0. The first-order chi connectivity index (χ1) is 9.61. The Kier molecular flexibility index (Phi) is 5.12. The number of carbonyl (C=O) groups is 1. The van der Waals surface area contributed by atoms with Crippen LogP contribution in [0.5, 0.6) is 0 Å². The van der Waals surface area contributed by atoms with Gasteiger partial charge in [0, 0.05) is 31.0 Å². The number of rotatable bonds is 4. The molecule has 1 aliphatic carbocycles. The molecule has 1 aromatic heterocycles. The second-order valence-electron chi connectivity index (χ2n) is 5.82. The third kappa shape index (κ3) is 3.57. The lowest BCUT2D eigenvalue weighted by Gasteiger charge is -2.36. The zero-order valence-electron chi connectivity index (χ0n) is 12.5. The van der Waals surface area contributed by atoms with Gasteiger partial charge < -0.3 is 10.6 Å². The lowest BCUT2D eigenvalue weighted by Crippen LogP contribution is -2.44. The predicted molar refractivity (Wildman–Crippen MR) is 80.5 cm³/mol. The summed E-state index contributed by atoms with van der Waals surface area (Å²) in [6.07, 6.45) is 8.51. The van der Waals surface area contributed by atoms with Crippen LogP contribution in [0.25, 0.3) is 0 Å². The third-order valence-electron chi connectivity index (χ3n) is 4.03. The molecule has 20 heavy (non-hydrogen) atoms. The van der Waals surface area contributed by atoms with E-state index >= 15 is 0 Å². The van der Waals surface area contributed by atoms with Gasteiger partial charge in [-0.1, -0.05) is 6.92 Å². The van der Waals surface area contributed by atoms with E-state index in [1.54, 1.807) is 12.4 Å². The fourth-order valence-corrected chi connectivity index (χ4v) is 2.94. The molecule has 0 atom stereocenters. The van der Waals surface area contributed by atoms with Crippen LogP contribution >= 0.6 is 0 Å². The van der Waals surface area contributed by atoms with Gasteiger partial charge in [0.2, 0.25) is 0 Å². The van der Waals surface area contributed by atoms with Gasteiger partial charge in [-0.2, -0.15) is 0 Å². The molecule has 0 saturated heterocycles. The summed E-state index contributed by atoms with van der Waals surface area (Å²) in [7, 11) is 0. The first-order valence-corrected chi connectivity index (χ1v) is 7.60. The molecule has 0 spiro atoms. The standard InChI is InChI=1S/C16H25N3O/c1-3-8-19(15-6-4-14(17)5-7-15)16(20)13-9-12(2)10-18-11-13/h9-11,14-15H,3-8,17H2,1-2H3. The molecule has 0 aromatic carbocycles. The lowest BCUT2D eigenvalue weighted by atomic mass is 9.90. The molecule has 1 saturated carbocycles. The van der Waals surface area contributed by atoms with Crippen molar-refractivity contribution >= 4 is 5.91 Å². The van der Waals surface area contributed by atoms with Crippen LogP contribution in [0.3, 0.4) is 0 Å². The Morgan fingerprint density at radius 2 is 2.05 bits per heavy atom. The molecule has 1 aliphatic rings. The van der Waals surface area contributed by atoms with Crippen molar-refractivity contribution in [2.24, 2.45) is 5.73 Å². The summed E-state index contributed by atoms with van der Waals surface area (Å²) < 4.78 is 0. The number of pyridine rings is 1. The molecule has 1 heterocycles. The number of nitrogens with zero attached hydrogens (tertiary/aromatic N) is 2. The van der Waals surface area contributed by atoms with Crippen molar-refractivity contribution in [1.82, 2.24) is 9.88 Å². The van der Waals surface area contributed by atoms with Gasteiger partial charge in [-0.3, -0.25) is 9.78 Å².